The molecule has 1 saturated heterocycles. The van der Waals surface area contributed by atoms with Crippen molar-refractivity contribution < 1.29 is 9.18 Å². The van der Waals surface area contributed by atoms with Crippen molar-refractivity contribution in [3.8, 4) is 0 Å². The molecule has 4 rings (SSSR count). The Balaban J connectivity index is 1.59. The zero-order valence-electron chi connectivity index (χ0n) is 14.3. The average Bonchev–Trinajstić information content (AvgIpc) is 2.99. The van der Waals surface area contributed by atoms with Gasteiger partial charge in [-0.1, -0.05) is 18.2 Å². The number of para-hydroxylation sites is 1. The van der Waals surface area contributed by atoms with Crippen LogP contribution in [0.15, 0.2) is 59.5 Å². The molecule has 1 fully saturated rings. The van der Waals surface area contributed by atoms with E-state index in [1.807, 2.05) is 18.2 Å². The lowest BCUT2D eigenvalue weighted by Gasteiger charge is -2.18. The molecular formula is C20H18FN3O2. The van der Waals surface area contributed by atoms with Gasteiger partial charge in [-0.05, 0) is 42.1 Å². The zero-order valence-corrected chi connectivity index (χ0v) is 14.3. The van der Waals surface area contributed by atoms with Crippen molar-refractivity contribution in [3.05, 3.63) is 70.9 Å². The third-order valence-electron chi connectivity index (χ3n) is 4.77. The summed E-state index contributed by atoms with van der Waals surface area (Å²) in [6.45, 7) is 0.451. The maximum atomic E-state index is 14.0. The number of anilines is 2. The van der Waals surface area contributed by atoms with E-state index >= 15 is 0 Å². The number of pyridine rings is 1. The fourth-order valence-corrected chi connectivity index (χ4v) is 3.35. The molecule has 1 N–H and O–H groups in total. The monoisotopic (exact) mass is 351 g/mol. The summed E-state index contributed by atoms with van der Waals surface area (Å²) in [5.41, 5.74) is 0.917. The molecule has 5 nitrogen and oxygen atoms in total. The highest BCUT2D eigenvalue weighted by molar-refractivity contribution is 6.01. The molecule has 1 unspecified atom stereocenters. The van der Waals surface area contributed by atoms with Gasteiger partial charge in [0.05, 0.1) is 5.69 Å². The summed E-state index contributed by atoms with van der Waals surface area (Å²) in [5.74, 6) is -0.577. The summed E-state index contributed by atoms with van der Waals surface area (Å²) >= 11 is 0. The van der Waals surface area contributed by atoms with Gasteiger partial charge in [0.15, 0.2) is 0 Å². The lowest BCUT2D eigenvalue weighted by Crippen LogP contribution is -2.33. The molecule has 0 aliphatic carbocycles. The summed E-state index contributed by atoms with van der Waals surface area (Å²) < 4.78 is 15.5. The van der Waals surface area contributed by atoms with Gasteiger partial charge >= 0.3 is 0 Å². The summed E-state index contributed by atoms with van der Waals surface area (Å²) in [6.07, 6.45) is 2.29. The second kappa shape index (κ2) is 6.29. The van der Waals surface area contributed by atoms with Gasteiger partial charge in [0, 0.05) is 30.9 Å². The number of nitrogens with zero attached hydrogens (tertiary/aromatic N) is 2. The van der Waals surface area contributed by atoms with Crippen LogP contribution in [0.3, 0.4) is 0 Å². The van der Waals surface area contributed by atoms with Crippen LogP contribution in [0.2, 0.25) is 0 Å². The number of hydrogen-bond acceptors (Lipinski definition) is 3. The van der Waals surface area contributed by atoms with Crippen molar-refractivity contribution in [1.82, 2.24) is 4.57 Å². The quantitative estimate of drug-likeness (QED) is 0.789. The average molecular weight is 351 g/mol. The number of nitrogens with one attached hydrogen (secondary N) is 1. The van der Waals surface area contributed by atoms with Crippen molar-refractivity contribution in [1.29, 1.82) is 0 Å². The molecule has 1 aromatic heterocycles. The Morgan fingerprint density at radius 1 is 1.12 bits per heavy atom. The topological polar surface area (TPSA) is 54.3 Å². The van der Waals surface area contributed by atoms with Gasteiger partial charge in [-0.2, -0.15) is 0 Å². The second-order valence-corrected chi connectivity index (χ2v) is 6.46. The number of aromatic nitrogens is 1. The van der Waals surface area contributed by atoms with E-state index in [-0.39, 0.29) is 11.5 Å². The fraction of sp³-hybridized carbons (Fsp3) is 0.200. The van der Waals surface area contributed by atoms with E-state index in [4.69, 9.17) is 0 Å². The molecule has 132 valence electrons. The van der Waals surface area contributed by atoms with Crippen LogP contribution < -0.4 is 15.8 Å². The Labute approximate surface area is 149 Å². The van der Waals surface area contributed by atoms with Crippen molar-refractivity contribution in [3.63, 3.8) is 0 Å². The van der Waals surface area contributed by atoms with E-state index in [9.17, 15) is 14.0 Å². The van der Waals surface area contributed by atoms with Crippen LogP contribution >= 0.6 is 0 Å². The van der Waals surface area contributed by atoms with E-state index in [2.05, 4.69) is 5.32 Å². The van der Waals surface area contributed by atoms with Crippen LogP contribution in [0.25, 0.3) is 10.8 Å². The van der Waals surface area contributed by atoms with Crippen LogP contribution in [0.1, 0.15) is 6.42 Å². The third-order valence-corrected chi connectivity index (χ3v) is 4.77. The summed E-state index contributed by atoms with van der Waals surface area (Å²) in [7, 11) is 1.70. The first kappa shape index (κ1) is 16.3. The first-order chi connectivity index (χ1) is 12.5. The summed E-state index contributed by atoms with van der Waals surface area (Å²) in [6, 6.07) is 13.2. The van der Waals surface area contributed by atoms with Gasteiger partial charge < -0.3 is 14.8 Å². The molecule has 1 aliphatic rings. The standard InChI is InChI=1S/C20H18FN3O2/c1-23-10-8-13-6-7-14(12-15(13)19(23)25)22-17-9-11-24(20(17)26)18-5-3-2-4-16(18)21/h2-8,10,12,17,22H,9,11H2,1H3. The van der Waals surface area contributed by atoms with Crippen LogP contribution in [-0.2, 0) is 11.8 Å². The summed E-state index contributed by atoms with van der Waals surface area (Å²) in [5, 5.41) is 4.63. The molecule has 1 atom stereocenters. The van der Waals surface area contributed by atoms with Crippen molar-refractivity contribution in [2.24, 2.45) is 7.05 Å². The lowest BCUT2D eigenvalue weighted by atomic mass is 10.1. The SMILES string of the molecule is Cn1ccc2ccc(NC3CCN(c4ccccc4F)C3=O)cc2c1=O. The number of hydrogen-bond donors (Lipinski definition) is 1. The van der Waals surface area contributed by atoms with Crippen molar-refractivity contribution in [2.45, 2.75) is 12.5 Å². The minimum absolute atomic E-state index is 0.0862. The smallest absolute Gasteiger partial charge is 0.258 e. The van der Waals surface area contributed by atoms with Gasteiger partial charge in [-0.15, -0.1) is 0 Å². The van der Waals surface area contributed by atoms with Gasteiger partial charge in [0.2, 0.25) is 5.91 Å². The number of benzene rings is 2. The van der Waals surface area contributed by atoms with Crippen LogP contribution in [0.5, 0.6) is 0 Å². The molecule has 0 radical (unpaired) electrons. The number of amides is 1. The molecule has 26 heavy (non-hydrogen) atoms. The Hall–Kier alpha value is -3.15. The third kappa shape index (κ3) is 2.73. The number of halogens is 1. The van der Waals surface area contributed by atoms with Crippen LogP contribution in [0.4, 0.5) is 15.8 Å². The molecule has 1 amide bonds. The molecule has 6 heteroatoms. The molecule has 2 aromatic carbocycles. The fourth-order valence-electron chi connectivity index (χ4n) is 3.35. The van der Waals surface area contributed by atoms with Crippen LogP contribution in [-0.4, -0.2) is 23.1 Å². The molecule has 0 saturated carbocycles. The Morgan fingerprint density at radius 3 is 2.73 bits per heavy atom. The predicted octanol–water partition coefficient (Wildman–Crippen LogP) is 2.90. The molecule has 0 bridgehead atoms. The van der Waals surface area contributed by atoms with Gasteiger partial charge in [-0.25, -0.2) is 4.39 Å². The Kier molecular flexibility index (Phi) is 3.95. The molecule has 2 heterocycles. The number of fused-ring (bicyclic) bond motifs is 1. The predicted molar refractivity (Wildman–Crippen MR) is 100.0 cm³/mol. The van der Waals surface area contributed by atoms with Gasteiger partial charge in [0.25, 0.3) is 5.56 Å². The highest BCUT2D eigenvalue weighted by Crippen LogP contribution is 2.26. The number of carbonyl (C=O) groups excluding carboxylic acids is 1. The number of aryl methyl sites for hydroxylation is 1. The minimum atomic E-state index is -0.445. The van der Waals surface area contributed by atoms with Crippen molar-refractivity contribution >= 4 is 28.1 Å². The Morgan fingerprint density at radius 2 is 1.92 bits per heavy atom. The van der Waals surface area contributed by atoms with E-state index in [0.29, 0.717) is 29.7 Å². The number of rotatable bonds is 3. The second-order valence-electron chi connectivity index (χ2n) is 6.46. The minimum Gasteiger partial charge on any atom is -0.374 e. The first-order valence-electron chi connectivity index (χ1n) is 8.46. The van der Waals surface area contributed by atoms with E-state index in [1.54, 1.807) is 37.5 Å². The Bertz CT molecular complexity index is 1060. The maximum Gasteiger partial charge on any atom is 0.258 e. The normalized spacial score (nSPS) is 17.1. The molecule has 1 aliphatic heterocycles. The lowest BCUT2D eigenvalue weighted by molar-refractivity contribution is -0.117. The van der Waals surface area contributed by atoms with E-state index in [0.717, 1.165) is 5.39 Å². The highest BCUT2D eigenvalue weighted by atomic mass is 19.1. The van der Waals surface area contributed by atoms with Gasteiger partial charge in [0.1, 0.15) is 11.9 Å². The zero-order chi connectivity index (χ0) is 18.3. The van der Waals surface area contributed by atoms with E-state index in [1.165, 1.54) is 15.5 Å². The first-order valence-corrected chi connectivity index (χ1v) is 8.46. The number of carbonyl (C=O) groups is 1. The highest BCUT2D eigenvalue weighted by Gasteiger charge is 2.33. The molecule has 3 aromatic rings. The largest absolute Gasteiger partial charge is 0.374 e. The molecule has 0 spiro atoms. The van der Waals surface area contributed by atoms with Crippen LogP contribution in [0, 0.1) is 5.82 Å². The van der Waals surface area contributed by atoms with E-state index < -0.39 is 11.9 Å². The summed E-state index contributed by atoms with van der Waals surface area (Å²) in [4.78, 5) is 26.4. The van der Waals surface area contributed by atoms with Gasteiger partial charge in [-0.3, -0.25) is 9.59 Å². The molecular weight excluding hydrogens is 333 g/mol. The van der Waals surface area contributed by atoms with Crippen molar-refractivity contribution in [2.75, 3.05) is 16.8 Å². The maximum absolute atomic E-state index is 14.0.